The molecular formula is C17H25NO3Si. The molecule has 4 nitrogen and oxygen atoms in total. The van der Waals surface area contributed by atoms with Crippen molar-refractivity contribution in [1.29, 1.82) is 0 Å². The Labute approximate surface area is 133 Å². The average Bonchev–Trinajstić information content (AvgIpc) is 2.45. The van der Waals surface area contributed by atoms with Crippen LogP contribution in [-0.4, -0.2) is 19.3 Å². The molecule has 1 aromatic carbocycles. The maximum absolute atomic E-state index is 11.6. The first-order chi connectivity index (χ1) is 10.3. The van der Waals surface area contributed by atoms with Crippen molar-refractivity contribution >= 4 is 8.32 Å². The van der Waals surface area contributed by atoms with Crippen LogP contribution in [0.2, 0.25) is 19.6 Å². The minimum absolute atomic E-state index is 0.0246. The Morgan fingerprint density at radius 3 is 2.41 bits per heavy atom. The standard InChI is InChI=1S/C17H25NO3Si/c1-5-13-11-15(21-22(2,3)4)12-16(17(13)18(19)20)14-9-7-6-8-10-14/h6-10,12-13,16-17H,5,11H2,1-4H3/t13-,16+,17+/m0/s1. The van der Waals surface area contributed by atoms with E-state index in [1.807, 2.05) is 43.3 Å². The number of hydrogen-bond acceptors (Lipinski definition) is 3. The Balaban J connectivity index is 2.41. The van der Waals surface area contributed by atoms with Gasteiger partial charge in [0.25, 0.3) is 0 Å². The maximum atomic E-state index is 11.6. The fraction of sp³-hybridized carbons (Fsp3) is 0.529. The zero-order chi connectivity index (χ0) is 16.3. The molecule has 0 saturated heterocycles. The second kappa shape index (κ2) is 6.65. The van der Waals surface area contributed by atoms with E-state index in [4.69, 9.17) is 4.43 Å². The second-order valence-electron chi connectivity index (χ2n) is 6.93. The van der Waals surface area contributed by atoms with Gasteiger partial charge in [-0.05, 0) is 37.7 Å². The van der Waals surface area contributed by atoms with Crippen LogP contribution in [0.25, 0.3) is 0 Å². The van der Waals surface area contributed by atoms with Crippen molar-refractivity contribution in [3.05, 3.63) is 57.8 Å². The van der Waals surface area contributed by atoms with Gasteiger partial charge < -0.3 is 4.43 Å². The van der Waals surface area contributed by atoms with Gasteiger partial charge in [-0.2, -0.15) is 0 Å². The van der Waals surface area contributed by atoms with E-state index in [0.29, 0.717) is 6.42 Å². The van der Waals surface area contributed by atoms with E-state index in [9.17, 15) is 10.1 Å². The molecule has 22 heavy (non-hydrogen) atoms. The highest BCUT2D eigenvalue weighted by Crippen LogP contribution is 2.39. The number of hydrogen-bond donors (Lipinski definition) is 0. The summed E-state index contributed by atoms with van der Waals surface area (Å²) in [5.74, 6) is 0.760. The first-order valence-electron chi connectivity index (χ1n) is 7.90. The molecule has 1 aliphatic carbocycles. The zero-order valence-electron chi connectivity index (χ0n) is 13.8. The van der Waals surface area contributed by atoms with E-state index < -0.39 is 14.4 Å². The van der Waals surface area contributed by atoms with E-state index in [1.54, 1.807) is 0 Å². The molecule has 120 valence electrons. The predicted octanol–water partition coefficient (Wildman–Crippen LogP) is 4.58. The number of nitrogens with zero attached hydrogens (tertiary/aromatic N) is 1. The van der Waals surface area contributed by atoms with Crippen LogP contribution in [0.4, 0.5) is 0 Å². The summed E-state index contributed by atoms with van der Waals surface area (Å²) in [6.45, 7) is 8.46. The number of rotatable bonds is 5. The van der Waals surface area contributed by atoms with Gasteiger partial charge in [-0.1, -0.05) is 37.3 Å². The molecule has 0 fully saturated rings. The molecule has 0 N–H and O–H groups in total. The van der Waals surface area contributed by atoms with Crippen molar-refractivity contribution in [3.63, 3.8) is 0 Å². The molecule has 2 rings (SSSR count). The molecule has 0 bridgehead atoms. The topological polar surface area (TPSA) is 52.4 Å². The highest BCUT2D eigenvalue weighted by Gasteiger charge is 2.42. The van der Waals surface area contributed by atoms with Crippen molar-refractivity contribution in [3.8, 4) is 0 Å². The third kappa shape index (κ3) is 3.97. The van der Waals surface area contributed by atoms with Crippen LogP contribution >= 0.6 is 0 Å². The summed E-state index contributed by atoms with van der Waals surface area (Å²) in [4.78, 5) is 11.5. The molecule has 0 aliphatic heterocycles. The summed E-state index contributed by atoms with van der Waals surface area (Å²) in [6.07, 6.45) is 3.46. The summed E-state index contributed by atoms with van der Waals surface area (Å²) >= 11 is 0. The predicted molar refractivity (Wildman–Crippen MR) is 90.9 cm³/mol. The fourth-order valence-corrected chi connectivity index (χ4v) is 4.10. The van der Waals surface area contributed by atoms with Gasteiger partial charge in [0.05, 0.1) is 11.7 Å². The first-order valence-corrected chi connectivity index (χ1v) is 11.3. The van der Waals surface area contributed by atoms with Crippen molar-refractivity contribution in [1.82, 2.24) is 0 Å². The molecule has 0 amide bonds. The third-order valence-corrected chi connectivity index (χ3v) is 4.94. The summed E-state index contributed by atoms with van der Waals surface area (Å²) in [5.41, 5.74) is 0.999. The molecule has 0 heterocycles. The normalized spacial score (nSPS) is 25.5. The van der Waals surface area contributed by atoms with Gasteiger partial charge in [-0.25, -0.2) is 0 Å². The van der Waals surface area contributed by atoms with Gasteiger partial charge in [-0.15, -0.1) is 0 Å². The van der Waals surface area contributed by atoms with Crippen LogP contribution in [0.15, 0.2) is 42.2 Å². The number of allylic oxidation sites excluding steroid dienone is 1. The fourth-order valence-electron chi connectivity index (χ4n) is 3.17. The van der Waals surface area contributed by atoms with Crippen molar-refractivity contribution < 1.29 is 9.35 Å². The quantitative estimate of drug-likeness (QED) is 0.453. The lowest BCUT2D eigenvalue weighted by molar-refractivity contribution is -0.535. The van der Waals surface area contributed by atoms with Crippen LogP contribution in [0.1, 0.15) is 31.2 Å². The van der Waals surface area contributed by atoms with Gasteiger partial charge >= 0.3 is 0 Å². The molecule has 0 spiro atoms. The highest BCUT2D eigenvalue weighted by atomic mass is 28.4. The molecule has 5 heteroatoms. The SMILES string of the molecule is CC[C@H]1CC(O[Si](C)(C)C)=C[C@H](c2ccccc2)[C@@H]1[N+](=O)[O-]. The Morgan fingerprint density at radius 1 is 1.27 bits per heavy atom. The molecule has 1 aliphatic rings. The molecule has 0 unspecified atom stereocenters. The largest absolute Gasteiger partial charge is 0.548 e. The van der Waals surface area contributed by atoms with Gasteiger partial charge in [-0.3, -0.25) is 10.1 Å². The van der Waals surface area contributed by atoms with Gasteiger partial charge in [0, 0.05) is 17.3 Å². The van der Waals surface area contributed by atoms with Gasteiger partial charge in [0.1, 0.15) is 0 Å². The summed E-state index contributed by atoms with van der Waals surface area (Å²) in [7, 11) is -1.70. The van der Waals surface area contributed by atoms with E-state index in [2.05, 4.69) is 19.6 Å². The lowest BCUT2D eigenvalue weighted by Crippen LogP contribution is -2.39. The van der Waals surface area contributed by atoms with Crippen LogP contribution < -0.4 is 0 Å². The van der Waals surface area contributed by atoms with Crippen LogP contribution in [0.3, 0.4) is 0 Å². The second-order valence-corrected chi connectivity index (χ2v) is 11.4. The van der Waals surface area contributed by atoms with E-state index in [1.165, 1.54) is 0 Å². The minimum Gasteiger partial charge on any atom is -0.548 e. The molecule has 0 radical (unpaired) electrons. The van der Waals surface area contributed by atoms with Crippen LogP contribution in [0, 0.1) is 16.0 Å². The Kier molecular flexibility index (Phi) is 5.06. The lowest BCUT2D eigenvalue weighted by Gasteiger charge is -2.33. The van der Waals surface area contributed by atoms with Crippen molar-refractivity contribution in [2.45, 2.75) is 51.4 Å². The number of benzene rings is 1. The molecule has 3 atom stereocenters. The van der Waals surface area contributed by atoms with Gasteiger partial charge in [0.15, 0.2) is 0 Å². The molecular weight excluding hydrogens is 294 g/mol. The Bertz CT molecular complexity index is 551. The zero-order valence-corrected chi connectivity index (χ0v) is 14.8. The average molecular weight is 319 g/mol. The van der Waals surface area contributed by atoms with E-state index >= 15 is 0 Å². The van der Waals surface area contributed by atoms with Crippen LogP contribution in [0.5, 0.6) is 0 Å². The van der Waals surface area contributed by atoms with E-state index in [-0.39, 0.29) is 16.8 Å². The van der Waals surface area contributed by atoms with E-state index in [0.717, 1.165) is 17.7 Å². The molecule has 1 aromatic rings. The smallest absolute Gasteiger partial charge is 0.241 e. The van der Waals surface area contributed by atoms with Crippen molar-refractivity contribution in [2.75, 3.05) is 0 Å². The van der Waals surface area contributed by atoms with Crippen molar-refractivity contribution in [2.24, 2.45) is 5.92 Å². The van der Waals surface area contributed by atoms with Gasteiger partial charge in [0.2, 0.25) is 14.4 Å². The third-order valence-electron chi connectivity index (χ3n) is 4.07. The highest BCUT2D eigenvalue weighted by molar-refractivity contribution is 6.70. The number of nitro groups is 1. The maximum Gasteiger partial charge on any atom is 0.241 e. The van der Waals surface area contributed by atoms with Crippen LogP contribution in [-0.2, 0) is 4.43 Å². The molecule has 0 aromatic heterocycles. The lowest BCUT2D eigenvalue weighted by atomic mass is 9.76. The first kappa shape index (κ1) is 16.7. The summed E-state index contributed by atoms with van der Waals surface area (Å²) < 4.78 is 6.17. The Morgan fingerprint density at radius 2 is 1.91 bits per heavy atom. The molecule has 0 saturated carbocycles. The Hall–Kier alpha value is -1.62. The minimum atomic E-state index is -1.70. The summed E-state index contributed by atoms with van der Waals surface area (Å²) in [6, 6.07) is 9.20. The monoisotopic (exact) mass is 319 g/mol. The summed E-state index contributed by atoms with van der Waals surface area (Å²) in [5, 5.41) is 11.6.